The van der Waals surface area contributed by atoms with Crippen LogP contribution >= 0.6 is 0 Å². The van der Waals surface area contributed by atoms with Crippen molar-refractivity contribution in [1.29, 1.82) is 0 Å². The average Bonchev–Trinajstić information content (AvgIpc) is 3.01. The Morgan fingerprint density at radius 1 is 1.50 bits per heavy atom. The Kier molecular flexibility index (Phi) is 3.10. The van der Waals surface area contributed by atoms with Gasteiger partial charge >= 0.3 is 0 Å². The molecule has 2 aromatic heterocycles. The third-order valence-electron chi connectivity index (χ3n) is 3.40. The molecule has 2 aromatic rings. The van der Waals surface area contributed by atoms with Crippen molar-refractivity contribution >= 4 is 16.9 Å². The summed E-state index contributed by atoms with van der Waals surface area (Å²) < 4.78 is 7.12. The van der Waals surface area contributed by atoms with Gasteiger partial charge in [0.1, 0.15) is 12.1 Å². The Morgan fingerprint density at radius 3 is 3.28 bits per heavy atom. The number of ether oxygens (including phenoxy) is 1. The van der Waals surface area contributed by atoms with Crippen LogP contribution in [0.2, 0.25) is 0 Å². The lowest BCUT2D eigenvalue weighted by molar-refractivity contribution is 0.185. The molecular weight excluding hydrogens is 230 g/mol. The van der Waals surface area contributed by atoms with E-state index in [4.69, 9.17) is 4.74 Å². The Labute approximate surface area is 105 Å². The van der Waals surface area contributed by atoms with Gasteiger partial charge < -0.3 is 10.1 Å². The van der Waals surface area contributed by atoms with E-state index in [2.05, 4.69) is 20.4 Å². The molecule has 0 saturated carbocycles. The van der Waals surface area contributed by atoms with Crippen LogP contribution in [0.25, 0.3) is 11.0 Å². The smallest absolute Gasteiger partial charge is 0.163 e. The lowest BCUT2D eigenvalue weighted by atomic mass is 10.1. The Hall–Kier alpha value is -1.69. The highest BCUT2D eigenvalue weighted by molar-refractivity contribution is 5.85. The van der Waals surface area contributed by atoms with E-state index in [0.717, 1.165) is 43.0 Å². The SMILES string of the molecule is Cn1ncc2c(NCCC3CCOC3)ncnc21. The number of aromatic nitrogens is 4. The molecule has 96 valence electrons. The summed E-state index contributed by atoms with van der Waals surface area (Å²) in [6.45, 7) is 2.72. The van der Waals surface area contributed by atoms with Crippen LogP contribution in [-0.2, 0) is 11.8 Å². The zero-order valence-corrected chi connectivity index (χ0v) is 10.5. The van der Waals surface area contributed by atoms with Gasteiger partial charge in [-0.15, -0.1) is 0 Å². The van der Waals surface area contributed by atoms with Crippen molar-refractivity contribution in [2.45, 2.75) is 12.8 Å². The molecule has 1 aliphatic rings. The molecule has 1 fully saturated rings. The van der Waals surface area contributed by atoms with Crippen LogP contribution in [0, 0.1) is 5.92 Å². The Bertz CT molecular complexity index is 532. The Morgan fingerprint density at radius 2 is 2.44 bits per heavy atom. The lowest BCUT2D eigenvalue weighted by Gasteiger charge is -2.09. The van der Waals surface area contributed by atoms with Crippen LogP contribution < -0.4 is 5.32 Å². The van der Waals surface area contributed by atoms with E-state index < -0.39 is 0 Å². The van der Waals surface area contributed by atoms with Crippen molar-refractivity contribution in [3.63, 3.8) is 0 Å². The number of hydrogen-bond donors (Lipinski definition) is 1. The number of hydrogen-bond acceptors (Lipinski definition) is 5. The summed E-state index contributed by atoms with van der Waals surface area (Å²) in [6, 6.07) is 0. The highest BCUT2D eigenvalue weighted by Gasteiger charge is 2.15. The topological polar surface area (TPSA) is 64.9 Å². The minimum absolute atomic E-state index is 0.684. The van der Waals surface area contributed by atoms with E-state index in [-0.39, 0.29) is 0 Å². The van der Waals surface area contributed by atoms with Crippen molar-refractivity contribution in [2.75, 3.05) is 25.1 Å². The minimum Gasteiger partial charge on any atom is -0.381 e. The van der Waals surface area contributed by atoms with Crippen molar-refractivity contribution in [1.82, 2.24) is 19.7 Å². The summed E-state index contributed by atoms with van der Waals surface area (Å²) >= 11 is 0. The number of fused-ring (bicyclic) bond motifs is 1. The average molecular weight is 247 g/mol. The molecule has 1 aliphatic heterocycles. The summed E-state index contributed by atoms with van der Waals surface area (Å²) in [4.78, 5) is 8.49. The van der Waals surface area contributed by atoms with Crippen molar-refractivity contribution in [3.05, 3.63) is 12.5 Å². The minimum atomic E-state index is 0.684. The first-order chi connectivity index (χ1) is 8.84. The highest BCUT2D eigenvalue weighted by atomic mass is 16.5. The molecule has 3 rings (SSSR count). The maximum Gasteiger partial charge on any atom is 0.163 e. The quantitative estimate of drug-likeness (QED) is 0.879. The Balaban J connectivity index is 1.66. The van der Waals surface area contributed by atoms with E-state index >= 15 is 0 Å². The second-order valence-corrected chi connectivity index (χ2v) is 4.67. The first-order valence-electron chi connectivity index (χ1n) is 6.29. The van der Waals surface area contributed by atoms with E-state index in [1.807, 2.05) is 7.05 Å². The third-order valence-corrected chi connectivity index (χ3v) is 3.40. The molecule has 18 heavy (non-hydrogen) atoms. The van der Waals surface area contributed by atoms with E-state index in [1.165, 1.54) is 6.42 Å². The lowest BCUT2D eigenvalue weighted by Crippen LogP contribution is -2.10. The first kappa shape index (κ1) is 11.4. The molecule has 6 nitrogen and oxygen atoms in total. The number of nitrogens with one attached hydrogen (secondary N) is 1. The molecule has 1 N–H and O–H groups in total. The van der Waals surface area contributed by atoms with Crippen molar-refractivity contribution in [3.8, 4) is 0 Å². The molecule has 1 atom stereocenters. The molecular formula is C12H17N5O. The normalized spacial score (nSPS) is 19.5. The molecule has 6 heteroatoms. The predicted molar refractivity (Wildman–Crippen MR) is 68.3 cm³/mol. The number of aryl methyl sites for hydroxylation is 1. The van der Waals surface area contributed by atoms with Gasteiger partial charge in [-0.3, -0.25) is 4.68 Å². The number of nitrogens with zero attached hydrogens (tertiary/aromatic N) is 4. The van der Waals surface area contributed by atoms with E-state index in [0.29, 0.717) is 5.92 Å². The van der Waals surface area contributed by atoms with Gasteiger partial charge in [-0.05, 0) is 18.8 Å². The third kappa shape index (κ3) is 2.15. The molecule has 1 unspecified atom stereocenters. The van der Waals surface area contributed by atoms with Gasteiger partial charge in [-0.25, -0.2) is 9.97 Å². The zero-order chi connectivity index (χ0) is 12.4. The second-order valence-electron chi connectivity index (χ2n) is 4.67. The van der Waals surface area contributed by atoms with Crippen LogP contribution in [0.1, 0.15) is 12.8 Å². The predicted octanol–water partition coefficient (Wildman–Crippen LogP) is 1.20. The van der Waals surface area contributed by atoms with E-state index in [1.54, 1.807) is 17.2 Å². The monoisotopic (exact) mass is 247 g/mol. The maximum atomic E-state index is 5.37. The summed E-state index contributed by atoms with van der Waals surface area (Å²) in [6.07, 6.45) is 5.67. The number of anilines is 1. The summed E-state index contributed by atoms with van der Waals surface area (Å²) in [7, 11) is 1.88. The first-order valence-corrected chi connectivity index (χ1v) is 6.29. The van der Waals surface area contributed by atoms with Crippen LogP contribution in [0.15, 0.2) is 12.5 Å². The van der Waals surface area contributed by atoms with Crippen LogP contribution in [0.5, 0.6) is 0 Å². The maximum absolute atomic E-state index is 5.37. The molecule has 0 spiro atoms. The summed E-state index contributed by atoms with van der Waals surface area (Å²) in [5, 5.41) is 8.54. The van der Waals surface area contributed by atoms with Gasteiger partial charge in [-0.1, -0.05) is 0 Å². The molecule has 0 bridgehead atoms. The molecule has 0 radical (unpaired) electrons. The van der Waals surface area contributed by atoms with Crippen LogP contribution in [0.4, 0.5) is 5.82 Å². The van der Waals surface area contributed by atoms with Gasteiger partial charge in [-0.2, -0.15) is 5.10 Å². The fourth-order valence-electron chi connectivity index (χ4n) is 2.31. The fourth-order valence-corrected chi connectivity index (χ4v) is 2.31. The van der Waals surface area contributed by atoms with Gasteiger partial charge in [0.25, 0.3) is 0 Å². The van der Waals surface area contributed by atoms with E-state index in [9.17, 15) is 0 Å². The van der Waals surface area contributed by atoms with Crippen LogP contribution in [-0.4, -0.2) is 39.5 Å². The molecule has 1 saturated heterocycles. The van der Waals surface area contributed by atoms with Gasteiger partial charge in [0.05, 0.1) is 11.6 Å². The van der Waals surface area contributed by atoms with Crippen molar-refractivity contribution in [2.24, 2.45) is 13.0 Å². The highest BCUT2D eigenvalue weighted by Crippen LogP contribution is 2.19. The van der Waals surface area contributed by atoms with Gasteiger partial charge in [0, 0.05) is 26.8 Å². The molecule has 0 amide bonds. The second kappa shape index (κ2) is 4.89. The van der Waals surface area contributed by atoms with Gasteiger partial charge in [0.15, 0.2) is 5.65 Å². The van der Waals surface area contributed by atoms with Crippen molar-refractivity contribution < 1.29 is 4.74 Å². The molecule has 0 aromatic carbocycles. The largest absolute Gasteiger partial charge is 0.381 e. The molecule has 0 aliphatic carbocycles. The van der Waals surface area contributed by atoms with Gasteiger partial charge in [0.2, 0.25) is 0 Å². The standard InChI is InChI=1S/C12H17N5O/c1-17-12-10(6-16-17)11(14-8-15-12)13-4-2-9-3-5-18-7-9/h6,8-9H,2-5,7H2,1H3,(H,13,14,15). The summed E-state index contributed by atoms with van der Waals surface area (Å²) in [5.74, 6) is 1.55. The zero-order valence-electron chi connectivity index (χ0n) is 10.5. The number of rotatable bonds is 4. The fraction of sp³-hybridized carbons (Fsp3) is 0.583. The molecule has 3 heterocycles. The summed E-state index contributed by atoms with van der Waals surface area (Å²) in [5.41, 5.74) is 0.858. The van der Waals surface area contributed by atoms with Crippen LogP contribution in [0.3, 0.4) is 0 Å².